The zero-order valence-corrected chi connectivity index (χ0v) is 13.3. The Morgan fingerprint density at radius 3 is 2.92 bits per heavy atom. The minimum atomic E-state index is -0.271. The fourth-order valence-corrected chi connectivity index (χ4v) is 2.41. The first-order valence-electron chi connectivity index (χ1n) is 7.70. The normalized spacial score (nSPS) is 10.8. The second-order valence-electron chi connectivity index (χ2n) is 5.46. The van der Waals surface area contributed by atoms with Crippen LogP contribution in [0.25, 0.3) is 11.0 Å². The van der Waals surface area contributed by atoms with Crippen LogP contribution in [0.5, 0.6) is 0 Å². The maximum absolute atomic E-state index is 13.0. The molecule has 3 aromatic rings. The molecule has 0 saturated carbocycles. The average Bonchev–Trinajstić information content (AvgIpc) is 2.95. The molecule has 124 valence electrons. The summed E-state index contributed by atoms with van der Waals surface area (Å²) in [5.41, 5.74) is 2.86. The summed E-state index contributed by atoms with van der Waals surface area (Å²) in [7, 11) is 1.81. The number of aryl methyl sites for hydroxylation is 1. The molecule has 24 heavy (non-hydrogen) atoms. The van der Waals surface area contributed by atoms with Crippen LogP contribution in [-0.4, -0.2) is 34.0 Å². The van der Waals surface area contributed by atoms with E-state index in [0.717, 1.165) is 17.6 Å². The van der Waals surface area contributed by atoms with Crippen molar-refractivity contribution in [1.82, 2.24) is 20.3 Å². The molecule has 6 nitrogen and oxygen atoms in total. The smallest absolute Gasteiger partial charge is 0.251 e. The van der Waals surface area contributed by atoms with Crippen LogP contribution in [0.2, 0.25) is 0 Å². The molecule has 2 N–H and O–H groups in total. The van der Waals surface area contributed by atoms with Gasteiger partial charge in [0.2, 0.25) is 0 Å². The Morgan fingerprint density at radius 2 is 2.08 bits per heavy atom. The largest absolute Gasteiger partial charge is 0.385 e. The number of hydrogen-bond acceptors (Lipinski definition) is 4. The Kier molecular flexibility index (Phi) is 4.69. The number of fused-ring (bicyclic) bond motifs is 1. The standard InChI is InChI=1S/C17H18FN5O/c1-23-16-7-6-12(10-15(16)21-22-23)17(24)20-9-3-8-19-14-5-2-4-13(18)11-14/h2,4-7,10-11,19H,3,8-9H2,1H3,(H,20,24). The van der Waals surface area contributed by atoms with Crippen LogP contribution < -0.4 is 10.6 Å². The second kappa shape index (κ2) is 7.08. The molecule has 0 atom stereocenters. The maximum atomic E-state index is 13.0. The molecule has 1 amide bonds. The van der Waals surface area contributed by atoms with Gasteiger partial charge in [0, 0.05) is 31.4 Å². The van der Waals surface area contributed by atoms with Crippen molar-refractivity contribution in [2.24, 2.45) is 7.05 Å². The van der Waals surface area contributed by atoms with Gasteiger partial charge in [-0.15, -0.1) is 5.10 Å². The van der Waals surface area contributed by atoms with E-state index in [1.54, 1.807) is 36.0 Å². The van der Waals surface area contributed by atoms with Gasteiger partial charge in [-0.05, 0) is 42.8 Å². The van der Waals surface area contributed by atoms with Crippen molar-refractivity contribution in [3.63, 3.8) is 0 Å². The lowest BCUT2D eigenvalue weighted by atomic mass is 10.2. The number of carbonyl (C=O) groups excluding carboxylic acids is 1. The molecule has 7 heteroatoms. The molecule has 0 aliphatic rings. The number of nitrogens with zero attached hydrogens (tertiary/aromatic N) is 3. The van der Waals surface area contributed by atoms with Gasteiger partial charge >= 0.3 is 0 Å². The summed E-state index contributed by atoms with van der Waals surface area (Å²) in [5.74, 6) is -0.416. The lowest BCUT2D eigenvalue weighted by molar-refractivity contribution is 0.0953. The fraction of sp³-hybridized carbons (Fsp3) is 0.235. The van der Waals surface area contributed by atoms with Crippen LogP contribution in [0.1, 0.15) is 16.8 Å². The lowest BCUT2D eigenvalue weighted by Crippen LogP contribution is -2.25. The van der Waals surface area contributed by atoms with Crippen LogP contribution in [0.4, 0.5) is 10.1 Å². The molecule has 1 heterocycles. The summed E-state index contributed by atoms with van der Waals surface area (Å²) in [6.45, 7) is 1.17. The number of aromatic nitrogens is 3. The molecular formula is C17H18FN5O. The van der Waals surface area contributed by atoms with Crippen molar-refractivity contribution in [1.29, 1.82) is 0 Å². The van der Waals surface area contributed by atoms with Crippen molar-refractivity contribution in [3.8, 4) is 0 Å². The number of halogens is 1. The number of benzene rings is 2. The summed E-state index contributed by atoms with van der Waals surface area (Å²) < 4.78 is 14.7. The summed E-state index contributed by atoms with van der Waals surface area (Å²) in [4.78, 5) is 12.1. The lowest BCUT2D eigenvalue weighted by Gasteiger charge is -2.08. The van der Waals surface area contributed by atoms with E-state index >= 15 is 0 Å². The molecule has 0 aliphatic carbocycles. The van der Waals surface area contributed by atoms with Gasteiger partial charge < -0.3 is 10.6 Å². The molecule has 0 unspecified atom stereocenters. The van der Waals surface area contributed by atoms with E-state index in [1.165, 1.54) is 12.1 Å². The number of carbonyl (C=O) groups is 1. The highest BCUT2D eigenvalue weighted by atomic mass is 19.1. The quantitative estimate of drug-likeness (QED) is 0.682. The number of nitrogens with one attached hydrogen (secondary N) is 2. The summed E-state index contributed by atoms with van der Waals surface area (Å²) >= 11 is 0. The van der Waals surface area contributed by atoms with Crippen LogP contribution in [0.3, 0.4) is 0 Å². The van der Waals surface area contributed by atoms with E-state index in [4.69, 9.17) is 0 Å². The second-order valence-corrected chi connectivity index (χ2v) is 5.46. The first-order chi connectivity index (χ1) is 11.6. The summed E-state index contributed by atoms with van der Waals surface area (Å²) in [5, 5.41) is 13.9. The highest BCUT2D eigenvalue weighted by Crippen LogP contribution is 2.12. The van der Waals surface area contributed by atoms with E-state index in [0.29, 0.717) is 24.2 Å². The Balaban J connectivity index is 1.46. The van der Waals surface area contributed by atoms with E-state index in [1.807, 2.05) is 6.07 Å². The fourth-order valence-electron chi connectivity index (χ4n) is 2.41. The first kappa shape index (κ1) is 15.9. The Morgan fingerprint density at radius 1 is 1.21 bits per heavy atom. The topological polar surface area (TPSA) is 71.8 Å². The molecule has 1 aromatic heterocycles. The molecule has 0 radical (unpaired) electrons. The average molecular weight is 327 g/mol. The van der Waals surface area contributed by atoms with Gasteiger partial charge in [0.05, 0.1) is 5.52 Å². The van der Waals surface area contributed by atoms with Crippen molar-refractivity contribution >= 4 is 22.6 Å². The van der Waals surface area contributed by atoms with Crippen molar-refractivity contribution in [3.05, 3.63) is 53.8 Å². The third-order valence-electron chi connectivity index (χ3n) is 3.67. The van der Waals surface area contributed by atoms with Gasteiger partial charge in [-0.3, -0.25) is 4.79 Å². The molecule has 0 bridgehead atoms. The van der Waals surface area contributed by atoms with Crippen molar-refractivity contribution < 1.29 is 9.18 Å². The van der Waals surface area contributed by atoms with Crippen LogP contribution >= 0.6 is 0 Å². The minimum absolute atomic E-state index is 0.145. The number of hydrogen-bond donors (Lipinski definition) is 2. The van der Waals surface area contributed by atoms with Crippen molar-refractivity contribution in [2.75, 3.05) is 18.4 Å². The number of amides is 1. The summed E-state index contributed by atoms with van der Waals surface area (Å²) in [6, 6.07) is 11.6. The first-order valence-corrected chi connectivity index (χ1v) is 7.70. The van der Waals surface area contributed by atoms with E-state index in [9.17, 15) is 9.18 Å². The van der Waals surface area contributed by atoms with Crippen LogP contribution in [0, 0.1) is 5.82 Å². The Hall–Kier alpha value is -2.96. The highest BCUT2D eigenvalue weighted by molar-refractivity contribution is 5.97. The van der Waals surface area contributed by atoms with Gasteiger partial charge in [-0.1, -0.05) is 11.3 Å². The predicted octanol–water partition coefficient (Wildman–Crippen LogP) is 2.34. The monoisotopic (exact) mass is 327 g/mol. The zero-order chi connectivity index (χ0) is 16.9. The zero-order valence-electron chi connectivity index (χ0n) is 13.3. The van der Waals surface area contributed by atoms with Gasteiger partial charge in [0.15, 0.2) is 0 Å². The number of rotatable bonds is 6. The molecule has 0 spiro atoms. The molecule has 0 fully saturated rings. The van der Waals surface area contributed by atoms with Gasteiger partial charge in [0.1, 0.15) is 11.3 Å². The molecule has 2 aromatic carbocycles. The Labute approximate surface area is 138 Å². The van der Waals surface area contributed by atoms with Crippen molar-refractivity contribution in [2.45, 2.75) is 6.42 Å². The number of anilines is 1. The maximum Gasteiger partial charge on any atom is 0.251 e. The third kappa shape index (κ3) is 3.68. The molecular weight excluding hydrogens is 309 g/mol. The van der Waals surface area contributed by atoms with E-state index < -0.39 is 0 Å². The van der Waals surface area contributed by atoms with Crippen LogP contribution in [-0.2, 0) is 7.05 Å². The van der Waals surface area contributed by atoms with Crippen LogP contribution in [0.15, 0.2) is 42.5 Å². The predicted molar refractivity (Wildman–Crippen MR) is 90.3 cm³/mol. The molecule has 0 aliphatic heterocycles. The SMILES string of the molecule is Cn1nnc2cc(C(=O)NCCCNc3cccc(F)c3)ccc21. The van der Waals surface area contributed by atoms with E-state index in [2.05, 4.69) is 20.9 Å². The molecule has 0 saturated heterocycles. The third-order valence-corrected chi connectivity index (χ3v) is 3.67. The van der Waals surface area contributed by atoms with Gasteiger partial charge in [-0.2, -0.15) is 0 Å². The van der Waals surface area contributed by atoms with Gasteiger partial charge in [-0.25, -0.2) is 9.07 Å². The summed E-state index contributed by atoms with van der Waals surface area (Å²) in [6.07, 6.45) is 0.732. The van der Waals surface area contributed by atoms with E-state index in [-0.39, 0.29) is 11.7 Å². The Bertz CT molecular complexity index is 861. The highest BCUT2D eigenvalue weighted by Gasteiger charge is 2.08. The molecule has 3 rings (SSSR count). The van der Waals surface area contributed by atoms with Gasteiger partial charge in [0.25, 0.3) is 5.91 Å². The minimum Gasteiger partial charge on any atom is -0.385 e.